The van der Waals surface area contributed by atoms with Crippen LogP contribution in [-0.4, -0.2) is 26.1 Å². The van der Waals surface area contributed by atoms with Gasteiger partial charge in [0.05, 0.1) is 23.5 Å². The van der Waals surface area contributed by atoms with E-state index in [4.69, 9.17) is 0 Å². The van der Waals surface area contributed by atoms with E-state index in [-0.39, 0.29) is 11.4 Å². The first-order valence-corrected chi connectivity index (χ1v) is 9.00. The number of alkyl halides is 3. The van der Waals surface area contributed by atoms with Crippen molar-refractivity contribution < 1.29 is 26.3 Å². The number of nitrogens with zero attached hydrogens (tertiary/aromatic N) is 5. The fourth-order valence-electron chi connectivity index (χ4n) is 3.87. The summed E-state index contributed by atoms with van der Waals surface area (Å²) >= 11 is 0. The lowest BCUT2D eigenvalue weighted by Gasteiger charge is -2.32. The number of hydrogen-bond acceptors (Lipinski definition) is 3. The third-order valence-electron chi connectivity index (χ3n) is 5.24. The van der Waals surface area contributed by atoms with E-state index in [1.807, 2.05) is 0 Å². The van der Waals surface area contributed by atoms with Gasteiger partial charge in [-0.3, -0.25) is 9.36 Å². The van der Waals surface area contributed by atoms with E-state index in [1.54, 1.807) is 18.9 Å². The lowest BCUT2D eigenvalue weighted by atomic mass is 9.95. The first kappa shape index (κ1) is 20.3. The van der Waals surface area contributed by atoms with Crippen LogP contribution in [-0.2, 0) is 26.7 Å². The fraction of sp³-hybridized carbons (Fsp3) is 0.368. The average molecular weight is 428 g/mol. The Morgan fingerprint density at radius 3 is 2.23 bits per heavy atom. The van der Waals surface area contributed by atoms with Gasteiger partial charge in [0.25, 0.3) is 0 Å². The molecule has 3 aromatic rings. The zero-order valence-corrected chi connectivity index (χ0v) is 16.2. The highest BCUT2D eigenvalue weighted by Gasteiger charge is 2.38. The number of benzene rings is 1. The van der Waals surface area contributed by atoms with Gasteiger partial charge in [0.2, 0.25) is 0 Å². The molecule has 5 nitrogen and oxygen atoms in total. The van der Waals surface area contributed by atoms with Gasteiger partial charge in [-0.05, 0) is 25.5 Å². The Labute approximate surface area is 167 Å². The van der Waals surface area contributed by atoms with E-state index in [9.17, 15) is 26.3 Å². The smallest absolute Gasteiger partial charge is 0.346 e. The molecule has 1 aliphatic rings. The Morgan fingerprint density at radius 2 is 1.67 bits per heavy atom. The maximum Gasteiger partial charge on any atom is 0.433 e. The van der Waals surface area contributed by atoms with Gasteiger partial charge in [-0.1, -0.05) is 0 Å². The van der Waals surface area contributed by atoms with Gasteiger partial charge in [-0.15, -0.1) is 0 Å². The highest BCUT2D eigenvalue weighted by atomic mass is 19.4. The summed E-state index contributed by atoms with van der Waals surface area (Å²) in [5, 5.41) is 8.35. The van der Waals surface area contributed by atoms with Gasteiger partial charge in [0.15, 0.2) is 29.0 Å². The minimum atomic E-state index is -4.58. The van der Waals surface area contributed by atoms with Crippen molar-refractivity contribution in [1.29, 1.82) is 0 Å². The summed E-state index contributed by atoms with van der Waals surface area (Å²) in [6, 6.07) is 3.64. The summed E-state index contributed by atoms with van der Waals surface area (Å²) < 4.78 is 82.2. The lowest BCUT2D eigenvalue weighted by Crippen LogP contribution is -2.34. The van der Waals surface area contributed by atoms with Gasteiger partial charge >= 0.3 is 6.18 Å². The fourth-order valence-corrected chi connectivity index (χ4v) is 3.87. The Morgan fingerprint density at radius 1 is 1.03 bits per heavy atom. The van der Waals surface area contributed by atoms with Crippen molar-refractivity contribution in [1.82, 2.24) is 19.6 Å². The van der Waals surface area contributed by atoms with Crippen LogP contribution in [0.3, 0.4) is 0 Å². The second kappa shape index (κ2) is 6.78. The molecule has 1 radical (unpaired) electrons. The number of aryl methyl sites for hydroxylation is 2. The molecule has 159 valence electrons. The van der Waals surface area contributed by atoms with Crippen LogP contribution >= 0.6 is 0 Å². The minimum Gasteiger partial charge on any atom is -0.346 e. The summed E-state index contributed by atoms with van der Waals surface area (Å²) in [4.78, 5) is 1.64. The molecule has 0 fully saturated rings. The Kier molecular flexibility index (Phi) is 4.59. The van der Waals surface area contributed by atoms with E-state index in [0.717, 1.165) is 16.8 Å². The number of aromatic nitrogens is 4. The molecular formula is C19H16F6N5. The minimum absolute atomic E-state index is 0.0362. The van der Waals surface area contributed by atoms with E-state index < -0.39 is 35.4 Å². The van der Waals surface area contributed by atoms with Crippen molar-refractivity contribution in [2.75, 3.05) is 11.4 Å². The molecule has 11 heteroatoms. The van der Waals surface area contributed by atoms with Gasteiger partial charge in [0, 0.05) is 31.8 Å². The molecule has 0 saturated carbocycles. The van der Waals surface area contributed by atoms with Gasteiger partial charge in [-0.25, -0.2) is 13.2 Å². The highest BCUT2D eigenvalue weighted by Crippen LogP contribution is 2.39. The molecule has 30 heavy (non-hydrogen) atoms. The van der Waals surface area contributed by atoms with Gasteiger partial charge in [-0.2, -0.15) is 23.4 Å². The van der Waals surface area contributed by atoms with Crippen LogP contribution in [0, 0.1) is 23.5 Å². The number of rotatable bonds is 2. The predicted octanol–water partition coefficient (Wildman–Crippen LogP) is 4.18. The molecule has 1 atom stereocenters. The monoisotopic (exact) mass is 428 g/mol. The van der Waals surface area contributed by atoms with Crippen molar-refractivity contribution in [3.05, 3.63) is 52.6 Å². The van der Waals surface area contributed by atoms with Crippen LogP contribution in [0.2, 0.25) is 0 Å². The molecule has 2 aromatic heterocycles. The van der Waals surface area contributed by atoms with Crippen molar-refractivity contribution in [2.45, 2.75) is 25.6 Å². The molecule has 0 N–H and O–H groups in total. The van der Waals surface area contributed by atoms with Gasteiger partial charge < -0.3 is 4.90 Å². The largest absolute Gasteiger partial charge is 0.433 e. The van der Waals surface area contributed by atoms with E-state index >= 15 is 0 Å². The van der Waals surface area contributed by atoms with Crippen LogP contribution in [0.1, 0.15) is 29.9 Å². The Hall–Kier alpha value is -2.98. The predicted molar refractivity (Wildman–Crippen MR) is 95.0 cm³/mol. The molecule has 0 amide bonds. The molecular weight excluding hydrogens is 412 g/mol. The molecule has 0 unspecified atom stereocenters. The third-order valence-corrected chi connectivity index (χ3v) is 5.24. The number of halogens is 6. The molecule has 1 aromatic carbocycles. The van der Waals surface area contributed by atoms with Crippen LogP contribution in [0.15, 0.2) is 12.1 Å². The summed E-state index contributed by atoms with van der Waals surface area (Å²) in [6.07, 6.45) is -4.24. The molecule has 1 aliphatic heterocycles. The first-order valence-electron chi connectivity index (χ1n) is 9.00. The second-order valence-electron chi connectivity index (χ2n) is 7.13. The van der Waals surface area contributed by atoms with Crippen molar-refractivity contribution in [3.63, 3.8) is 0 Å². The van der Waals surface area contributed by atoms with E-state index in [2.05, 4.69) is 16.3 Å². The number of anilines is 1. The summed E-state index contributed by atoms with van der Waals surface area (Å²) in [5.41, 5.74) is 0.798. The van der Waals surface area contributed by atoms with Crippen LogP contribution in [0.25, 0.3) is 11.3 Å². The highest BCUT2D eigenvalue weighted by molar-refractivity contribution is 5.67. The molecule has 4 rings (SSSR count). The van der Waals surface area contributed by atoms with Crippen LogP contribution in [0.5, 0.6) is 0 Å². The normalized spacial score (nSPS) is 16.8. The zero-order valence-electron chi connectivity index (χ0n) is 16.2. The SMILES string of the molecule is C[C@H]1c2nn(C)c(-c3cc(F)c(F)c(F)c3)c2CCN1c1[c]c(C(F)(F)F)n(C)n1. The summed E-state index contributed by atoms with van der Waals surface area (Å²) in [7, 11) is 2.78. The topological polar surface area (TPSA) is 38.9 Å². The molecule has 0 spiro atoms. The first-order chi connectivity index (χ1) is 14.0. The van der Waals surface area contributed by atoms with Crippen molar-refractivity contribution >= 4 is 5.82 Å². The standard InChI is InChI=1S/C19H16F6N5/c1-9-17-11(4-5-30(9)15-8-14(19(23,24)25)28(2)26-15)18(29(3)27-17)10-6-12(20)16(22)13(21)7-10/h6-7,9H,4-5H2,1-3H3/t9-/m0/s1. The second-order valence-corrected chi connectivity index (χ2v) is 7.13. The number of hydrogen-bond donors (Lipinski definition) is 0. The maximum atomic E-state index is 13.7. The van der Waals surface area contributed by atoms with E-state index in [1.165, 1.54) is 11.7 Å². The van der Waals surface area contributed by atoms with Gasteiger partial charge in [0.1, 0.15) is 0 Å². The van der Waals surface area contributed by atoms with Crippen molar-refractivity contribution in [3.8, 4) is 11.3 Å². The Balaban J connectivity index is 1.74. The van der Waals surface area contributed by atoms with E-state index in [0.29, 0.717) is 29.9 Å². The zero-order chi connectivity index (χ0) is 22.0. The maximum absolute atomic E-state index is 13.7. The van der Waals surface area contributed by atoms with Crippen LogP contribution < -0.4 is 4.90 Å². The van der Waals surface area contributed by atoms with Crippen LogP contribution in [0.4, 0.5) is 32.2 Å². The lowest BCUT2D eigenvalue weighted by molar-refractivity contribution is -0.143. The van der Waals surface area contributed by atoms with Crippen molar-refractivity contribution in [2.24, 2.45) is 14.1 Å². The number of fused-ring (bicyclic) bond motifs is 1. The summed E-state index contributed by atoms with van der Waals surface area (Å²) in [6.45, 7) is 2.04. The third kappa shape index (κ3) is 3.12. The Bertz CT molecular complexity index is 1110. The summed E-state index contributed by atoms with van der Waals surface area (Å²) in [5.74, 6) is -4.14. The molecule has 0 saturated heterocycles. The average Bonchev–Trinajstić information content (AvgIpc) is 3.19. The molecule has 0 bridgehead atoms. The molecule has 0 aliphatic carbocycles. The quantitative estimate of drug-likeness (QED) is 0.454. The molecule has 3 heterocycles.